The first-order valence-corrected chi connectivity index (χ1v) is 5.59. The number of halogens is 4. The molecule has 104 valence electrons. The lowest BCUT2D eigenvalue weighted by atomic mass is 9.93. The van der Waals surface area contributed by atoms with Gasteiger partial charge in [0.1, 0.15) is 0 Å². The van der Waals surface area contributed by atoms with Crippen molar-refractivity contribution >= 4 is 22.8 Å². The lowest BCUT2D eigenvalue weighted by Crippen LogP contribution is -2.16. The molecular weight excluding hydrogens is 285 g/mol. The van der Waals surface area contributed by atoms with Crippen LogP contribution in [0.2, 0.25) is 0 Å². The van der Waals surface area contributed by atoms with Crippen molar-refractivity contribution in [3.8, 4) is 0 Å². The number of carbonyl (C=O) groups excluding carboxylic acids is 1. The van der Waals surface area contributed by atoms with Crippen molar-refractivity contribution in [3.05, 3.63) is 34.9 Å². The Kier molecular flexibility index (Phi) is 4.57. The van der Waals surface area contributed by atoms with Gasteiger partial charge in [0.2, 0.25) is 5.24 Å². The highest BCUT2D eigenvalue weighted by Crippen LogP contribution is 2.33. The SMILES string of the molecule is Cc1cc(C(CC(=O)Cl)C(=O)O)cc(C(F)(F)F)c1. The van der Waals surface area contributed by atoms with Crippen LogP contribution in [0.4, 0.5) is 13.2 Å². The second kappa shape index (κ2) is 5.61. The van der Waals surface area contributed by atoms with Crippen LogP contribution in [0.15, 0.2) is 18.2 Å². The van der Waals surface area contributed by atoms with Crippen LogP contribution in [0.5, 0.6) is 0 Å². The van der Waals surface area contributed by atoms with Crippen molar-refractivity contribution in [1.82, 2.24) is 0 Å². The third-order valence-electron chi connectivity index (χ3n) is 2.49. The molecule has 0 saturated heterocycles. The van der Waals surface area contributed by atoms with E-state index in [1.54, 1.807) is 0 Å². The van der Waals surface area contributed by atoms with E-state index in [2.05, 4.69) is 0 Å². The fraction of sp³-hybridized carbons (Fsp3) is 0.333. The first kappa shape index (κ1) is 15.5. The minimum Gasteiger partial charge on any atom is -0.481 e. The largest absolute Gasteiger partial charge is 0.481 e. The normalized spacial score (nSPS) is 13.1. The monoisotopic (exact) mass is 294 g/mol. The summed E-state index contributed by atoms with van der Waals surface area (Å²) in [6, 6.07) is 2.93. The van der Waals surface area contributed by atoms with E-state index in [4.69, 9.17) is 16.7 Å². The van der Waals surface area contributed by atoms with E-state index in [0.29, 0.717) is 0 Å². The topological polar surface area (TPSA) is 54.4 Å². The van der Waals surface area contributed by atoms with Crippen molar-refractivity contribution in [1.29, 1.82) is 0 Å². The van der Waals surface area contributed by atoms with Crippen LogP contribution >= 0.6 is 11.6 Å². The quantitative estimate of drug-likeness (QED) is 0.867. The molecule has 1 unspecified atom stereocenters. The Morgan fingerprint density at radius 1 is 1.32 bits per heavy atom. The molecule has 0 amide bonds. The summed E-state index contributed by atoms with van der Waals surface area (Å²) in [4.78, 5) is 21.8. The summed E-state index contributed by atoms with van der Waals surface area (Å²) in [5.74, 6) is -2.78. The van der Waals surface area contributed by atoms with Crippen molar-refractivity contribution < 1.29 is 27.9 Å². The average Bonchev–Trinajstić information content (AvgIpc) is 2.23. The third-order valence-corrected chi connectivity index (χ3v) is 2.65. The molecule has 1 rings (SSSR count). The van der Waals surface area contributed by atoms with Gasteiger partial charge in [-0.05, 0) is 36.2 Å². The van der Waals surface area contributed by atoms with E-state index in [0.717, 1.165) is 12.1 Å². The van der Waals surface area contributed by atoms with Gasteiger partial charge in [0, 0.05) is 6.42 Å². The Balaban J connectivity index is 3.27. The lowest BCUT2D eigenvalue weighted by molar-refractivity contribution is -0.140. The van der Waals surface area contributed by atoms with E-state index >= 15 is 0 Å². The molecule has 1 aromatic carbocycles. The van der Waals surface area contributed by atoms with Gasteiger partial charge in [0.15, 0.2) is 0 Å². The molecule has 0 fully saturated rings. The van der Waals surface area contributed by atoms with E-state index in [9.17, 15) is 22.8 Å². The Morgan fingerprint density at radius 2 is 1.89 bits per heavy atom. The van der Waals surface area contributed by atoms with Crippen LogP contribution in [0, 0.1) is 6.92 Å². The first-order valence-electron chi connectivity index (χ1n) is 5.21. The van der Waals surface area contributed by atoms with Gasteiger partial charge in [0.05, 0.1) is 11.5 Å². The van der Waals surface area contributed by atoms with E-state index in [1.165, 1.54) is 13.0 Å². The molecular formula is C12H10ClF3O3. The summed E-state index contributed by atoms with van der Waals surface area (Å²) in [7, 11) is 0. The summed E-state index contributed by atoms with van der Waals surface area (Å²) in [6.07, 6.45) is -5.13. The molecule has 3 nitrogen and oxygen atoms in total. The number of aryl methyl sites for hydroxylation is 1. The van der Waals surface area contributed by atoms with Crippen molar-refractivity contribution in [3.63, 3.8) is 0 Å². The molecule has 1 N–H and O–H groups in total. The summed E-state index contributed by atoms with van der Waals surface area (Å²) >= 11 is 5.11. The molecule has 0 aliphatic rings. The van der Waals surface area contributed by atoms with Crippen LogP contribution in [0.1, 0.15) is 29.0 Å². The smallest absolute Gasteiger partial charge is 0.416 e. The number of benzene rings is 1. The number of carboxylic acids is 1. The maximum Gasteiger partial charge on any atom is 0.416 e. The number of rotatable bonds is 4. The second-order valence-electron chi connectivity index (χ2n) is 4.08. The highest BCUT2D eigenvalue weighted by atomic mass is 35.5. The van der Waals surface area contributed by atoms with Crippen LogP contribution in [-0.4, -0.2) is 16.3 Å². The molecule has 7 heteroatoms. The number of aliphatic carboxylic acids is 1. The van der Waals surface area contributed by atoms with Gasteiger partial charge in [-0.3, -0.25) is 9.59 Å². The zero-order valence-electron chi connectivity index (χ0n) is 9.79. The molecule has 0 radical (unpaired) electrons. The fourth-order valence-electron chi connectivity index (χ4n) is 1.69. The van der Waals surface area contributed by atoms with Crippen LogP contribution < -0.4 is 0 Å². The zero-order valence-corrected chi connectivity index (χ0v) is 10.5. The van der Waals surface area contributed by atoms with Crippen molar-refractivity contribution in [2.75, 3.05) is 0 Å². The molecule has 1 aromatic rings. The number of carboxylic acid groups (broad SMARTS) is 1. The number of alkyl halides is 3. The zero-order chi connectivity index (χ0) is 14.8. The summed E-state index contributed by atoms with van der Waals surface area (Å²) < 4.78 is 37.9. The second-order valence-corrected chi connectivity index (χ2v) is 4.50. The standard InChI is InChI=1S/C12H10ClF3O3/c1-6-2-7(4-8(3-6)12(14,15)16)9(11(18)19)5-10(13)17/h2-4,9H,5H2,1H3,(H,18,19). The molecule has 0 aliphatic heterocycles. The Bertz CT molecular complexity index is 511. The van der Waals surface area contributed by atoms with Gasteiger partial charge in [-0.15, -0.1) is 0 Å². The highest BCUT2D eigenvalue weighted by molar-refractivity contribution is 6.63. The van der Waals surface area contributed by atoms with Crippen molar-refractivity contribution in [2.45, 2.75) is 25.4 Å². The number of hydrogen-bond donors (Lipinski definition) is 1. The molecule has 0 aromatic heterocycles. The molecule has 0 heterocycles. The van der Waals surface area contributed by atoms with E-state index in [-0.39, 0.29) is 11.1 Å². The first-order chi connectivity index (χ1) is 8.61. The molecule has 0 aliphatic carbocycles. The number of hydrogen-bond acceptors (Lipinski definition) is 2. The average molecular weight is 295 g/mol. The van der Waals surface area contributed by atoms with Crippen LogP contribution in [-0.2, 0) is 15.8 Å². The summed E-state index contributed by atoms with van der Waals surface area (Å²) in [5.41, 5.74) is -0.775. The molecule has 0 spiro atoms. The maximum atomic E-state index is 12.6. The number of carbonyl (C=O) groups is 2. The Morgan fingerprint density at radius 3 is 2.32 bits per heavy atom. The summed E-state index contributed by atoms with van der Waals surface area (Å²) in [5, 5.41) is 8.05. The maximum absolute atomic E-state index is 12.6. The molecule has 1 atom stereocenters. The predicted octanol–water partition coefficient (Wildman–Crippen LogP) is 3.34. The third kappa shape index (κ3) is 4.24. The minimum atomic E-state index is -4.57. The predicted molar refractivity (Wildman–Crippen MR) is 62.0 cm³/mol. The Labute approximate surface area is 112 Å². The molecule has 0 bridgehead atoms. The van der Waals surface area contributed by atoms with Crippen molar-refractivity contribution in [2.24, 2.45) is 0 Å². The molecule has 19 heavy (non-hydrogen) atoms. The fourth-order valence-corrected chi connectivity index (χ4v) is 1.84. The highest BCUT2D eigenvalue weighted by Gasteiger charge is 2.32. The van der Waals surface area contributed by atoms with Gasteiger partial charge in [-0.25, -0.2) is 0 Å². The summed E-state index contributed by atoms with van der Waals surface area (Å²) in [6.45, 7) is 1.42. The van der Waals surface area contributed by atoms with E-state index in [1.807, 2.05) is 0 Å². The minimum absolute atomic E-state index is 0.0891. The van der Waals surface area contributed by atoms with Gasteiger partial charge >= 0.3 is 12.1 Å². The van der Waals surface area contributed by atoms with Gasteiger partial charge in [-0.1, -0.05) is 11.6 Å². The van der Waals surface area contributed by atoms with Gasteiger partial charge in [-0.2, -0.15) is 13.2 Å². The van der Waals surface area contributed by atoms with Gasteiger partial charge < -0.3 is 5.11 Å². The Hall–Kier alpha value is -1.56. The molecule has 0 saturated carbocycles. The van der Waals surface area contributed by atoms with Crippen LogP contribution in [0.25, 0.3) is 0 Å². The van der Waals surface area contributed by atoms with E-state index < -0.39 is 35.3 Å². The van der Waals surface area contributed by atoms with Crippen LogP contribution in [0.3, 0.4) is 0 Å². The lowest BCUT2D eigenvalue weighted by Gasteiger charge is -2.15. The van der Waals surface area contributed by atoms with Gasteiger partial charge in [0.25, 0.3) is 0 Å².